The summed E-state index contributed by atoms with van der Waals surface area (Å²) in [5.41, 5.74) is 1.24. The first-order chi connectivity index (χ1) is 7.36. The SMILES string of the molecule is Oc1ccccc1N=Nc1ccccc1.[Na+].[OH-]. The molecule has 4 nitrogen and oxygen atoms in total. The fourth-order valence-electron chi connectivity index (χ4n) is 1.15. The second-order valence-corrected chi connectivity index (χ2v) is 3.02. The van der Waals surface area contributed by atoms with E-state index in [1.54, 1.807) is 24.3 Å². The standard InChI is InChI=1S/C12H10N2O.Na.H2O/c15-12-9-5-4-8-11(12)14-13-10-6-2-1-3-7-10;;/h1-9,15H;;1H2/q;+1;/p-1. The van der Waals surface area contributed by atoms with Crippen molar-refractivity contribution in [2.45, 2.75) is 0 Å². The van der Waals surface area contributed by atoms with Crippen molar-refractivity contribution in [1.29, 1.82) is 0 Å². The molecule has 82 valence electrons. The molecule has 0 heterocycles. The molecule has 2 aromatic carbocycles. The minimum Gasteiger partial charge on any atom is -0.870 e. The summed E-state index contributed by atoms with van der Waals surface area (Å²) in [5.74, 6) is 0.136. The van der Waals surface area contributed by atoms with Gasteiger partial charge in [0.2, 0.25) is 0 Å². The third-order valence-corrected chi connectivity index (χ3v) is 1.91. The van der Waals surface area contributed by atoms with Gasteiger partial charge >= 0.3 is 29.6 Å². The molecule has 0 saturated carbocycles. The Morgan fingerprint density at radius 3 is 2.00 bits per heavy atom. The first-order valence-corrected chi connectivity index (χ1v) is 4.61. The zero-order valence-electron chi connectivity index (χ0n) is 9.49. The Labute approximate surface area is 122 Å². The van der Waals surface area contributed by atoms with Gasteiger partial charge in [-0.25, -0.2) is 0 Å². The summed E-state index contributed by atoms with van der Waals surface area (Å²) in [6.45, 7) is 0. The number of hydrogen-bond acceptors (Lipinski definition) is 4. The Hall–Kier alpha value is -1.20. The Morgan fingerprint density at radius 1 is 0.765 bits per heavy atom. The third kappa shape index (κ3) is 4.66. The molecule has 0 aromatic heterocycles. The molecule has 0 amide bonds. The van der Waals surface area contributed by atoms with Crippen LogP contribution in [0.5, 0.6) is 5.75 Å². The van der Waals surface area contributed by atoms with Crippen LogP contribution in [0.1, 0.15) is 0 Å². The van der Waals surface area contributed by atoms with Crippen LogP contribution in [0.2, 0.25) is 0 Å². The van der Waals surface area contributed by atoms with Crippen LogP contribution in [0.15, 0.2) is 64.8 Å². The number of phenols is 1. The summed E-state index contributed by atoms with van der Waals surface area (Å²) in [6, 6.07) is 16.2. The molecular formula is C12H11N2NaO2. The number of phenolic OH excluding ortho intramolecular Hbond substituents is 1. The van der Waals surface area contributed by atoms with E-state index in [2.05, 4.69) is 10.2 Å². The summed E-state index contributed by atoms with van der Waals surface area (Å²) in [6.07, 6.45) is 0. The van der Waals surface area contributed by atoms with Crippen molar-refractivity contribution < 1.29 is 40.1 Å². The number of benzene rings is 2. The van der Waals surface area contributed by atoms with Crippen molar-refractivity contribution in [2.24, 2.45) is 10.2 Å². The Bertz CT molecular complexity index is 475. The number of rotatable bonds is 2. The maximum atomic E-state index is 9.43. The molecule has 5 heteroatoms. The largest absolute Gasteiger partial charge is 1.00 e. The molecule has 17 heavy (non-hydrogen) atoms. The molecule has 0 spiro atoms. The third-order valence-electron chi connectivity index (χ3n) is 1.91. The van der Waals surface area contributed by atoms with E-state index >= 15 is 0 Å². The molecule has 0 radical (unpaired) electrons. The van der Waals surface area contributed by atoms with Crippen LogP contribution in [0.4, 0.5) is 11.4 Å². The van der Waals surface area contributed by atoms with Gasteiger partial charge in [-0.2, -0.15) is 5.11 Å². The summed E-state index contributed by atoms with van der Waals surface area (Å²) in [4.78, 5) is 0. The van der Waals surface area contributed by atoms with E-state index in [1.807, 2.05) is 30.3 Å². The van der Waals surface area contributed by atoms with Crippen molar-refractivity contribution in [3.8, 4) is 5.75 Å². The van der Waals surface area contributed by atoms with E-state index in [9.17, 15) is 5.11 Å². The van der Waals surface area contributed by atoms with Crippen molar-refractivity contribution >= 4 is 11.4 Å². The first kappa shape index (κ1) is 15.8. The minimum atomic E-state index is 0. The van der Waals surface area contributed by atoms with Crippen LogP contribution in [-0.2, 0) is 0 Å². The van der Waals surface area contributed by atoms with E-state index in [0.717, 1.165) is 5.69 Å². The molecule has 0 aliphatic rings. The predicted molar refractivity (Wildman–Crippen MR) is 60.7 cm³/mol. The number of azo groups is 1. The monoisotopic (exact) mass is 238 g/mol. The van der Waals surface area contributed by atoms with Gasteiger partial charge in [-0.15, -0.1) is 5.11 Å². The zero-order valence-corrected chi connectivity index (χ0v) is 11.5. The first-order valence-electron chi connectivity index (χ1n) is 4.61. The maximum Gasteiger partial charge on any atom is 1.00 e. The van der Waals surface area contributed by atoms with Gasteiger partial charge in [-0.1, -0.05) is 30.3 Å². The summed E-state index contributed by atoms with van der Waals surface area (Å²) in [7, 11) is 0. The molecule has 0 bridgehead atoms. The average Bonchev–Trinajstić information content (AvgIpc) is 2.29. The molecule has 2 N–H and O–H groups in total. The van der Waals surface area contributed by atoms with Gasteiger partial charge in [-0.05, 0) is 24.3 Å². The smallest absolute Gasteiger partial charge is 0.870 e. The fourth-order valence-corrected chi connectivity index (χ4v) is 1.15. The summed E-state index contributed by atoms with van der Waals surface area (Å²) in [5, 5.41) is 17.4. The van der Waals surface area contributed by atoms with Crippen LogP contribution in [-0.4, -0.2) is 10.6 Å². The van der Waals surface area contributed by atoms with Gasteiger partial charge in [0.1, 0.15) is 11.4 Å². The molecular weight excluding hydrogens is 227 g/mol. The van der Waals surface area contributed by atoms with E-state index in [0.29, 0.717) is 5.69 Å². The van der Waals surface area contributed by atoms with Gasteiger partial charge in [-0.3, -0.25) is 0 Å². The normalized spacial score (nSPS) is 9.41. The minimum absolute atomic E-state index is 0. The van der Waals surface area contributed by atoms with Crippen molar-refractivity contribution in [1.82, 2.24) is 0 Å². The summed E-state index contributed by atoms with van der Waals surface area (Å²) >= 11 is 0. The Balaban J connectivity index is 0.00000128. The van der Waals surface area contributed by atoms with E-state index in [-0.39, 0.29) is 40.8 Å². The van der Waals surface area contributed by atoms with Crippen LogP contribution in [0.25, 0.3) is 0 Å². The van der Waals surface area contributed by atoms with Gasteiger partial charge in [0.15, 0.2) is 0 Å². The second-order valence-electron chi connectivity index (χ2n) is 3.02. The molecule has 0 aliphatic heterocycles. The van der Waals surface area contributed by atoms with Gasteiger partial charge in [0.05, 0.1) is 5.69 Å². The molecule has 0 aliphatic carbocycles. The van der Waals surface area contributed by atoms with Gasteiger partial charge < -0.3 is 10.6 Å². The Morgan fingerprint density at radius 2 is 1.35 bits per heavy atom. The van der Waals surface area contributed by atoms with Gasteiger partial charge in [0, 0.05) is 0 Å². The molecule has 0 unspecified atom stereocenters. The molecule has 0 atom stereocenters. The van der Waals surface area contributed by atoms with Crippen LogP contribution >= 0.6 is 0 Å². The van der Waals surface area contributed by atoms with Crippen LogP contribution < -0.4 is 29.6 Å². The van der Waals surface area contributed by atoms with Crippen molar-refractivity contribution in [3.63, 3.8) is 0 Å². The number of nitrogens with zero attached hydrogens (tertiary/aromatic N) is 2. The zero-order chi connectivity index (χ0) is 10.5. The number of aromatic hydroxyl groups is 1. The fraction of sp³-hybridized carbons (Fsp3) is 0. The van der Waals surface area contributed by atoms with Crippen molar-refractivity contribution in [2.75, 3.05) is 0 Å². The maximum absolute atomic E-state index is 9.43. The second kappa shape index (κ2) is 7.97. The van der Waals surface area contributed by atoms with E-state index < -0.39 is 0 Å². The van der Waals surface area contributed by atoms with E-state index in [4.69, 9.17) is 0 Å². The number of para-hydroxylation sites is 1. The molecule has 2 rings (SSSR count). The predicted octanol–water partition coefficient (Wildman–Crippen LogP) is 0.635. The molecule has 0 fully saturated rings. The number of hydrogen-bond donors (Lipinski definition) is 1. The molecule has 2 aromatic rings. The van der Waals surface area contributed by atoms with Crippen LogP contribution in [0, 0.1) is 0 Å². The topological polar surface area (TPSA) is 75.0 Å². The van der Waals surface area contributed by atoms with Crippen molar-refractivity contribution in [3.05, 3.63) is 54.6 Å². The van der Waals surface area contributed by atoms with Gasteiger partial charge in [0.25, 0.3) is 0 Å². The average molecular weight is 238 g/mol. The summed E-state index contributed by atoms with van der Waals surface area (Å²) < 4.78 is 0. The van der Waals surface area contributed by atoms with E-state index in [1.165, 1.54) is 0 Å². The van der Waals surface area contributed by atoms with Crippen LogP contribution in [0.3, 0.4) is 0 Å². The molecule has 0 saturated heterocycles. The quantitative estimate of drug-likeness (QED) is 0.615. The Kier molecular flexibility index (Phi) is 7.41.